The number of benzene rings is 2. The summed E-state index contributed by atoms with van der Waals surface area (Å²) >= 11 is 0. The normalized spacial score (nSPS) is 24.6. The molecule has 1 unspecified atom stereocenters. The number of carbonyl (C=O) groups excluding carboxylic acids is 1. The Balaban J connectivity index is 1.64. The number of hydrogen-bond donors (Lipinski definition) is 1. The number of fused-ring (bicyclic) bond motifs is 3. The number of nitrogens with zero attached hydrogens (tertiary/aromatic N) is 1. The average molecular weight is 351 g/mol. The molecular formula is C22H24FN2O+. The number of likely N-dealkylation sites (N-methyl/N-ethyl adjacent to an activating group) is 1. The fourth-order valence-corrected chi connectivity index (χ4v) is 4.31. The summed E-state index contributed by atoms with van der Waals surface area (Å²) in [7, 11) is 2.23. The monoisotopic (exact) mass is 351 g/mol. The molecule has 2 aromatic carbocycles. The van der Waals surface area contributed by atoms with Crippen LogP contribution in [0.25, 0.3) is 6.08 Å². The van der Waals surface area contributed by atoms with Crippen LogP contribution < -0.4 is 9.80 Å². The summed E-state index contributed by atoms with van der Waals surface area (Å²) in [6.45, 7) is 4.25. The molecule has 1 amide bonds. The van der Waals surface area contributed by atoms with Gasteiger partial charge in [0.15, 0.2) is 0 Å². The van der Waals surface area contributed by atoms with Crippen molar-refractivity contribution in [2.75, 3.05) is 25.0 Å². The van der Waals surface area contributed by atoms with Gasteiger partial charge in [-0.1, -0.05) is 29.8 Å². The molecule has 0 aromatic heterocycles. The number of likely N-dealkylation sites (tertiary alicyclic amines) is 1. The lowest BCUT2D eigenvalue weighted by Crippen LogP contribution is -3.11. The second-order valence-corrected chi connectivity index (χ2v) is 7.53. The molecule has 1 N–H and O–H groups in total. The van der Waals surface area contributed by atoms with Crippen LogP contribution in [0, 0.1) is 12.7 Å². The predicted octanol–water partition coefficient (Wildman–Crippen LogP) is 2.56. The largest absolute Gasteiger partial charge is 0.337 e. The lowest BCUT2D eigenvalue weighted by molar-refractivity contribution is -0.886. The van der Waals surface area contributed by atoms with Crippen LogP contribution in [0.15, 0.2) is 48.5 Å². The van der Waals surface area contributed by atoms with Crippen molar-refractivity contribution in [1.82, 2.24) is 0 Å². The SMILES string of the molecule is Cc1ccc2c(c1)[C@@H]1C[NH+](C)CC[C@@H]1N2C(=O)/C=C/c1ccc(F)cc1. The zero-order chi connectivity index (χ0) is 18.3. The minimum atomic E-state index is -0.269. The zero-order valence-electron chi connectivity index (χ0n) is 15.2. The van der Waals surface area contributed by atoms with E-state index in [0.717, 1.165) is 30.8 Å². The fourth-order valence-electron chi connectivity index (χ4n) is 4.31. The van der Waals surface area contributed by atoms with Crippen molar-refractivity contribution in [1.29, 1.82) is 0 Å². The van der Waals surface area contributed by atoms with Gasteiger partial charge in [-0.2, -0.15) is 0 Å². The van der Waals surface area contributed by atoms with Gasteiger partial charge in [0.2, 0.25) is 0 Å². The van der Waals surface area contributed by atoms with Crippen molar-refractivity contribution in [3.63, 3.8) is 0 Å². The Morgan fingerprint density at radius 3 is 2.77 bits per heavy atom. The summed E-state index contributed by atoms with van der Waals surface area (Å²) in [5, 5.41) is 0. The second-order valence-electron chi connectivity index (χ2n) is 7.53. The van der Waals surface area contributed by atoms with E-state index in [1.54, 1.807) is 24.3 Å². The van der Waals surface area contributed by atoms with E-state index in [4.69, 9.17) is 0 Å². The molecule has 2 aromatic rings. The third kappa shape index (κ3) is 3.06. The Labute approximate surface area is 153 Å². The first-order valence-corrected chi connectivity index (χ1v) is 9.21. The Bertz CT molecular complexity index is 859. The molecule has 2 heterocycles. The van der Waals surface area contributed by atoms with E-state index >= 15 is 0 Å². The van der Waals surface area contributed by atoms with Crippen LogP contribution in [0.5, 0.6) is 0 Å². The van der Waals surface area contributed by atoms with E-state index in [1.165, 1.54) is 28.2 Å². The maximum absolute atomic E-state index is 13.0. The van der Waals surface area contributed by atoms with Gasteiger partial charge in [-0.15, -0.1) is 0 Å². The van der Waals surface area contributed by atoms with Crippen LogP contribution in [0.1, 0.15) is 29.0 Å². The Morgan fingerprint density at radius 2 is 2.00 bits per heavy atom. The van der Waals surface area contributed by atoms with E-state index in [9.17, 15) is 9.18 Å². The summed E-state index contributed by atoms with van der Waals surface area (Å²) in [5.41, 5.74) is 4.42. The van der Waals surface area contributed by atoms with Gasteiger partial charge < -0.3 is 9.80 Å². The van der Waals surface area contributed by atoms with Crippen LogP contribution in [-0.2, 0) is 4.79 Å². The lowest BCUT2D eigenvalue weighted by Gasteiger charge is -2.34. The number of carbonyl (C=O) groups is 1. The number of nitrogens with one attached hydrogen (secondary N) is 1. The number of halogens is 1. The molecule has 0 spiro atoms. The van der Waals surface area contributed by atoms with Crippen LogP contribution in [0.3, 0.4) is 0 Å². The van der Waals surface area contributed by atoms with Crippen LogP contribution >= 0.6 is 0 Å². The number of amides is 1. The number of hydrogen-bond acceptors (Lipinski definition) is 1. The number of quaternary nitrogens is 1. The molecule has 0 aliphatic carbocycles. The summed E-state index contributed by atoms with van der Waals surface area (Å²) in [6, 6.07) is 12.8. The number of anilines is 1. The second kappa shape index (κ2) is 6.69. The van der Waals surface area contributed by atoms with E-state index in [2.05, 4.69) is 32.2 Å². The highest BCUT2D eigenvalue weighted by atomic mass is 19.1. The zero-order valence-corrected chi connectivity index (χ0v) is 15.2. The standard InChI is InChI=1S/C22H23FN2O/c1-15-3-9-20-18(13-15)19-14-24(2)12-11-21(19)25(20)22(26)10-6-16-4-7-17(23)8-5-16/h3-10,13,19,21H,11-12,14H2,1-2H3/p+1/b10-6+/t19-,21-/m0/s1. The Kier molecular flexibility index (Phi) is 4.37. The quantitative estimate of drug-likeness (QED) is 0.827. The highest BCUT2D eigenvalue weighted by molar-refractivity contribution is 6.06. The summed E-state index contributed by atoms with van der Waals surface area (Å²) in [4.78, 5) is 16.5. The topological polar surface area (TPSA) is 24.8 Å². The molecule has 0 bridgehead atoms. The van der Waals surface area contributed by atoms with E-state index < -0.39 is 0 Å². The molecule has 2 aliphatic rings. The van der Waals surface area contributed by atoms with Crippen molar-refractivity contribution >= 4 is 17.7 Å². The first-order valence-electron chi connectivity index (χ1n) is 9.21. The fraction of sp³-hybridized carbons (Fsp3) is 0.318. The van der Waals surface area contributed by atoms with Gasteiger partial charge in [0.05, 0.1) is 32.1 Å². The first-order chi connectivity index (χ1) is 12.5. The van der Waals surface area contributed by atoms with Gasteiger partial charge in [0.25, 0.3) is 5.91 Å². The third-order valence-corrected chi connectivity index (χ3v) is 5.60. The molecule has 1 fully saturated rings. The molecule has 26 heavy (non-hydrogen) atoms. The maximum atomic E-state index is 13.0. The van der Waals surface area contributed by atoms with Crippen LogP contribution in [-0.4, -0.2) is 32.1 Å². The van der Waals surface area contributed by atoms with E-state index in [-0.39, 0.29) is 17.8 Å². The van der Waals surface area contributed by atoms with Crippen molar-refractivity contribution in [3.8, 4) is 0 Å². The molecule has 0 radical (unpaired) electrons. The predicted molar refractivity (Wildman–Crippen MR) is 102 cm³/mol. The molecule has 134 valence electrons. The van der Waals surface area contributed by atoms with Gasteiger partial charge in [-0.05, 0) is 42.3 Å². The van der Waals surface area contributed by atoms with Crippen molar-refractivity contribution in [2.45, 2.75) is 25.3 Å². The lowest BCUT2D eigenvalue weighted by atomic mass is 9.89. The molecule has 4 heteroatoms. The highest BCUT2D eigenvalue weighted by Gasteiger charge is 2.45. The van der Waals surface area contributed by atoms with Crippen LogP contribution in [0.4, 0.5) is 10.1 Å². The number of rotatable bonds is 2. The van der Waals surface area contributed by atoms with E-state index in [0.29, 0.717) is 5.92 Å². The molecule has 3 atom stereocenters. The third-order valence-electron chi connectivity index (χ3n) is 5.60. The molecule has 3 nitrogen and oxygen atoms in total. The summed E-state index contributed by atoms with van der Waals surface area (Å²) in [5.74, 6) is 0.141. The highest BCUT2D eigenvalue weighted by Crippen LogP contribution is 2.43. The molecule has 2 aliphatic heterocycles. The average Bonchev–Trinajstić information content (AvgIpc) is 2.94. The van der Waals surface area contributed by atoms with E-state index in [1.807, 2.05) is 4.90 Å². The first kappa shape index (κ1) is 17.0. The number of piperidine rings is 1. The molecular weight excluding hydrogens is 327 g/mol. The summed E-state index contributed by atoms with van der Waals surface area (Å²) in [6.07, 6.45) is 4.40. The van der Waals surface area contributed by atoms with Gasteiger partial charge >= 0.3 is 0 Å². The van der Waals surface area contributed by atoms with Gasteiger partial charge in [0.1, 0.15) is 5.82 Å². The van der Waals surface area contributed by atoms with Crippen LogP contribution in [0.2, 0.25) is 0 Å². The van der Waals surface area contributed by atoms with Gasteiger partial charge in [-0.25, -0.2) is 4.39 Å². The molecule has 4 rings (SSSR count). The minimum Gasteiger partial charge on any atom is -0.337 e. The minimum absolute atomic E-state index is 0.00600. The summed E-state index contributed by atoms with van der Waals surface area (Å²) < 4.78 is 13.0. The Morgan fingerprint density at radius 1 is 1.23 bits per heavy atom. The number of aryl methyl sites for hydroxylation is 1. The molecule has 0 saturated carbocycles. The van der Waals surface area contributed by atoms with Crippen molar-refractivity contribution in [2.24, 2.45) is 0 Å². The molecule has 1 saturated heterocycles. The maximum Gasteiger partial charge on any atom is 0.251 e. The Hall–Kier alpha value is -2.46. The van der Waals surface area contributed by atoms with Gasteiger partial charge in [0, 0.05) is 18.2 Å². The van der Waals surface area contributed by atoms with Crippen molar-refractivity contribution in [3.05, 3.63) is 71.0 Å². The smallest absolute Gasteiger partial charge is 0.251 e. The van der Waals surface area contributed by atoms with Crippen molar-refractivity contribution < 1.29 is 14.1 Å². The van der Waals surface area contributed by atoms with Gasteiger partial charge in [-0.3, -0.25) is 4.79 Å².